The molecule has 0 radical (unpaired) electrons. The fraction of sp³-hybridized carbons (Fsp3) is 0.889. The average molecular weight is 1280 g/mol. The lowest BCUT2D eigenvalue weighted by molar-refractivity contribution is -0.270. The number of hydrogen-bond donors (Lipinski definition) is 11. The summed E-state index contributed by atoms with van der Waals surface area (Å²) in [4.78, 5) is 106. The molecule has 5 unspecified atom stereocenters. The Balaban J connectivity index is 3.79. The minimum atomic E-state index is -3.54. The fourth-order valence-electron chi connectivity index (χ4n) is 11.4. The first-order valence-corrected chi connectivity index (χ1v) is 34.6. The van der Waals surface area contributed by atoms with E-state index in [1.165, 1.54) is 96.8 Å². The monoisotopic (exact) mass is 1280 g/mol. The summed E-state index contributed by atoms with van der Waals surface area (Å²) in [5.74, 6) is -9.01. The molecule has 1 saturated heterocycles. The van der Waals surface area contributed by atoms with Gasteiger partial charge in [0.25, 0.3) is 5.91 Å². The summed E-state index contributed by atoms with van der Waals surface area (Å²) in [5, 5.41) is 48.9. The molecule has 88 heavy (non-hydrogen) atoms. The Morgan fingerprint density at radius 2 is 1.14 bits per heavy atom. The molecule has 0 bridgehead atoms. The highest BCUT2D eigenvalue weighted by Crippen LogP contribution is 2.36. The molecule has 25 heteroatoms. The maximum absolute atomic E-state index is 15.4. The molecule has 1 rings (SSSR count). The maximum Gasteiger partial charge on any atom is 0.695 e. The van der Waals surface area contributed by atoms with Gasteiger partial charge in [0.1, 0.15) is 30.4 Å². The van der Waals surface area contributed by atoms with E-state index in [0.717, 1.165) is 77.6 Å². The van der Waals surface area contributed by atoms with Crippen molar-refractivity contribution >= 4 is 49.6 Å². The standard InChI is InChI=1S/C63H117N6O18P/c1-5-7-9-11-13-15-17-19-21-23-25-27-29-31-33-38-53(74)86-63(51(73)40-39-49(58(66)76)69-60(78)48(65)37-34-35-41-64,42-45(3)83-57-54(68-46(4)72)62(80)84-50(43-70)55(57)75)52(44-71)85-61(79)47(56(59(67)77)87-88(81)82)36-32-30-28-26-24-22-20-18-16-14-12-10-8-6-2/h45,47-50,52,54-57,62,70-71,75,80H,5-44,64-65H2,1-4H3,(H6-,66,67,68,69,72,76,77,78,81,82)/p+1/t45?,47?,48-,49+,50+,52-,54+,55+,56?,57+,62-,63?/m0/s1. The van der Waals surface area contributed by atoms with E-state index in [-0.39, 0.29) is 32.1 Å². The maximum atomic E-state index is 15.4. The van der Waals surface area contributed by atoms with E-state index in [9.17, 15) is 58.7 Å². The minimum Gasteiger partial charge on any atom is -0.455 e. The SMILES string of the molecule is CCCCCCCCCCCCCCCCCC(=O)OC(CC(C)O[C@H]1[C@H](O)[C@@H](CO)O[C@H](O)[C@@H]1NC(C)=O)(C(=O)CC[C@@H](NC(=O)[C@@H](N)CCCCN)C(N)=O)[C@H](CO)OC(=O)C(CCCCCCCCCCCCCCCC)C(O[P+](=O)O)C(N)=O. The zero-order valence-electron chi connectivity index (χ0n) is 53.9. The normalized spacial score (nSPS) is 19.7. The Bertz CT molecular complexity index is 1960. The Hall–Kier alpha value is -3.81. The molecule has 1 fully saturated rings. The Labute approximate surface area is 525 Å². The third kappa shape index (κ3) is 34.6. The van der Waals surface area contributed by atoms with Crippen molar-refractivity contribution in [3.63, 3.8) is 0 Å². The number of amides is 4. The summed E-state index contributed by atoms with van der Waals surface area (Å²) in [7, 11) is -3.54. The summed E-state index contributed by atoms with van der Waals surface area (Å²) >= 11 is 0. The number of carbonyl (C=O) groups excluding carboxylic acids is 7. The van der Waals surface area contributed by atoms with Crippen LogP contribution in [0.4, 0.5) is 0 Å². The van der Waals surface area contributed by atoms with Gasteiger partial charge in [0.2, 0.25) is 29.4 Å². The van der Waals surface area contributed by atoms with Crippen molar-refractivity contribution in [2.24, 2.45) is 28.9 Å². The zero-order chi connectivity index (χ0) is 65.7. The molecule has 15 N–H and O–H groups in total. The van der Waals surface area contributed by atoms with Crippen molar-refractivity contribution in [3.8, 4) is 0 Å². The molecule has 1 aliphatic heterocycles. The van der Waals surface area contributed by atoms with Crippen LogP contribution in [0.3, 0.4) is 0 Å². The second-order valence-electron chi connectivity index (χ2n) is 24.2. The molecule has 0 aromatic heterocycles. The Morgan fingerprint density at radius 1 is 0.659 bits per heavy atom. The van der Waals surface area contributed by atoms with Crippen molar-refractivity contribution < 1.29 is 86.9 Å². The highest BCUT2D eigenvalue weighted by Gasteiger charge is 2.55. The fourth-order valence-corrected chi connectivity index (χ4v) is 11.9. The first-order valence-electron chi connectivity index (χ1n) is 33.4. The number of carbonyl (C=O) groups is 7. The van der Waals surface area contributed by atoms with Gasteiger partial charge in [0.15, 0.2) is 18.2 Å². The number of esters is 2. The van der Waals surface area contributed by atoms with Crippen LogP contribution in [0.5, 0.6) is 0 Å². The third-order valence-electron chi connectivity index (χ3n) is 16.6. The van der Waals surface area contributed by atoms with Crippen molar-refractivity contribution in [2.45, 2.75) is 332 Å². The second-order valence-corrected chi connectivity index (χ2v) is 24.9. The van der Waals surface area contributed by atoms with Crippen LogP contribution in [0.2, 0.25) is 0 Å². The number of nitrogens with two attached hydrogens (primary N) is 4. The minimum absolute atomic E-state index is 0.194. The smallest absolute Gasteiger partial charge is 0.455 e. The van der Waals surface area contributed by atoms with Gasteiger partial charge < -0.3 is 72.9 Å². The number of rotatable bonds is 57. The Kier molecular flexibility index (Phi) is 46.6. The quantitative estimate of drug-likeness (QED) is 0.0166. The van der Waals surface area contributed by atoms with Gasteiger partial charge in [-0.3, -0.25) is 33.6 Å². The molecule has 0 aromatic carbocycles. The summed E-state index contributed by atoms with van der Waals surface area (Å²) in [6, 6.07) is -4.14. The van der Waals surface area contributed by atoms with Gasteiger partial charge in [0, 0.05) is 30.8 Å². The van der Waals surface area contributed by atoms with Crippen LogP contribution in [0.25, 0.3) is 0 Å². The first kappa shape index (κ1) is 82.2. The zero-order valence-corrected chi connectivity index (χ0v) is 54.8. The van der Waals surface area contributed by atoms with Gasteiger partial charge in [-0.25, -0.2) is 0 Å². The summed E-state index contributed by atoms with van der Waals surface area (Å²) in [5.41, 5.74) is 20.4. The predicted octanol–water partition coefficient (Wildman–Crippen LogP) is 6.96. The number of aliphatic hydroxyl groups excluding tert-OH is 4. The number of hydrogen-bond acceptors (Lipinski definition) is 19. The number of ketones is 1. The summed E-state index contributed by atoms with van der Waals surface area (Å²) < 4.78 is 41.1. The van der Waals surface area contributed by atoms with E-state index >= 15 is 4.79 Å². The molecule has 0 saturated carbocycles. The van der Waals surface area contributed by atoms with Crippen LogP contribution in [0, 0.1) is 5.92 Å². The van der Waals surface area contributed by atoms with E-state index in [1.54, 1.807) is 0 Å². The molecule has 1 aliphatic rings. The van der Waals surface area contributed by atoms with Gasteiger partial charge in [-0.05, 0) is 45.6 Å². The van der Waals surface area contributed by atoms with Crippen molar-refractivity contribution in [1.29, 1.82) is 0 Å². The van der Waals surface area contributed by atoms with Crippen molar-refractivity contribution in [1.82, 2.24) is 10.6 Å². The van der Waals surface area contributed by atoms with E-state index < -0.39 is 155 Å². The number of unbranched alkanes of at least 4 members (excludes halogenated alkanes) is 28. The van der Waals surface area contributed by atoms with Crippen LogP contribution in [0.1, 0.15) is 265 Å². The number of ether oxygens (including phenoxy) is 4. The number of Topliss-reactive ketones (excluding diaryl/α,β-unsaturated/α-hetero) is 1. The lowest BCUT2D eigenvalue weighted by Gasteiger charge is -2.45. The largest absolute Gasteiger partial charge is 0.695 e. The predicted molar refractivity (Wildman–Crippen MR) is 334 cm³/mol. The lowest BCUT2D eigenvalue weighted by atomic mass is 9.82. The van der Waals surface area contributed by atoms with E-state index in [2.05, 4.69) is 24.5 Å². The van der Waals surface area contributed by atoms with E-state index in [4.69, 9.17) is 46.4 Å². The number of nitrogens with one attached hydrogen (secondary N) is 2. The first-order chi connectivity index (χ1) is 42.1. The third-order valence-corrected chi connectivity index (χ3v) is 17.0. The van der Waals surface area contributed by atoms with Gasteiger partial charge >= 0.3 is 20.2 Å². The van der Waals surface area contributed by atoms with Gasteiger partial charge in [0.05, 0.1) is 31.3 Å². The second kappa shape index (κ2) is 49.8. The molecule has 0 aromatic rings. The number of primary amides is 2. The average Bonchev–Trinajstić information content (AvgIpc) is 3.64. The van der Waals surface area contributed by atoms with Gasteiger partial charge in [-0.15, -0.1) is 9.42 Å². The molecule has 0 aliphatic carbocycles. The van der Waals surface area contributed by atoms with Crippen molar-refractivity contribution in [2.75, 3.05) is 19.8 Å². The lowest BCUT2D eigenvalue weighted by Crippen LogP contribution is -2.65. The van der Waals surface area contributed by atoms with Crippen LogP contribution in [-0.2, 0) is 61.6 Å². The molecule has 1 heterocycles. The Morgan fingerprint density at radius 3 is 1.57 bits per heavy atom. The van der Waals surface area contributed by atoms with Gasteiger partial charge in [-0.2, -0.15) is 0 Å². The molecular formula is C63H118N6O18P+. The number of aliphatic hydroxyl groups is 4. The molecule has 13 atom stereocenters. The van der Waals surface area contributed by atoms with Crippen LogP contribution in [-0.4, -0.2) is 153 Å². The molecule has 24 nitrogen and oxygen atoms in total. The topological polar surface area (TPSA) is 412 Å². The van der Waals surface area contributed by atoms with Crippen LogP contribution in [0.15, 0.2) is 0 Å². The molecule has 0 spiro atoms. The molecule has 4 amide bonds. The van der Waals surface area contributed by atoms with Gasteiger partial charge in [-0.1, -0.05) is 200 Å². The highest BCUT2D eigenvalue weighted by atomic mass is 31.1. The van der Waals surface area contributed by atoms with E-state index in [1.807, 2.05) is 0 Å². The van der Waals surface area contributed by atoms with E-state index in [0.29, 0.717) is 32.2 Å². The molecular weight excluding hydrogens is 1160 g/mol. The summed E-state index contributed by atoms with van der Waals surface area (Å²) in [6.45, 7) is 5.12. The summed E-state index contributed by atoms with van der Waals surface area (Å²) in [6.07, 6.45) is 16.1. The van der Waals surface area contributed by atoms with Crippen molar-refractivity contribution in [3.05, 3.63) is 0 Å². The highest BCUT2D eigenvalue weighted by molar-refractivity contribution is 7.32. The molecule has 512 valence electrons. The van der Waals surface area contributed by atoms with Crippen LogP contribution >= 0.6 is 8.25 Å². The van der Waals surface area contributed by atoms with Crippen LogP contribution < -0.4 is 33.6 Å².